The molecule has 65 heavy (non-hydrogen) atoms. The molecule has 3 aromatic rings. The highest BCUT2D eigenvalue weighted by Gasteiger charge is 2.61. The molecular weight excluding hydrogens is 887 g/mol. The van der Waals surface area contributed by atoms with Crippen molar-refractivity contribution in [2.75, 3.05) is 32.2 Å². The van der Waals surface area contributed by atoms with Gasteiger partial charge in [-0.05, 0) is 87.8 Å². The number of unbranched alkanes of at least 4 members (excludes halogenated alkanes) is 1. The van der Waals surface area contributed by atoms with Crippen molar-refractivity contribution < 1.29 is 52.0 Å². The predicted molar refractivity (Wildman–Crippen MR) is 241 cm³/mol. The van der Waals surface area contributed by atoms with Gasteiger partial charge in [0.05, 0.1) is 29.9 Å². The Balaban J connectivity index is 1.53. The highest BCUT2D eigenvalue weighted by Crippen LogP contribution is 2.53. The topological polar surface area (TPSA) is 197 Å². The van der Waals surface area contributed by atoms with Crippen molar-refractivity contribution in [3.8, 4) is 11.8 Å². The number of halogens is 4. The van der Waals surface area contributed by atoms with Crippen LogP contribution in [0.2, 0.25) is 10.0 Å². The number of methoxy groups -OCH3 is 1. The minimum Gasteiger partial charge on any atom is -0.495 e. The average Bonchev–Trinajstić information content (AvgIpc) is 3.54. The van der Waals surface area contributed by atoms with E-state index in [2.05, 4.69) is 33.9 Å². The molecule has 1 aliphatic heterocycles. The van der Waals surface area contributed by atoms with Crippen LogP contribution in [-0.4, -0.2) is 79.6 Å². The maximum absolute atomic E-state index is 16.1. The second-order valence-electron chi connectivity index (χ2n) is 17.8. The van der Waals surface area contributed by atoms with Crippen LogP contribution in [0.25, 0.3) is 0 Å². The summed E-state index contributed by atoms with van der Waals surface area (Å²) in [6.45, 7) is 14.0. The maximum atomic E-state index is 16.1. The van der Waals surface area contributed by atoms with Gasteiger partial charge in [-0.3, -0.25) is 9.59 Å². The zero-order valence-corrected chi connectivity index (χ0v) is 39.0. The second-order valence-corrected chi connectivity index (χ2v) is 18.6. The minimum atomic E-state index is -1.86. The number of amides is 3. The Morgan fingerprint density at radius 1 is 1.05 bits per heavy atom. The van der Waals surface area contributed by atoms with Crippen LogP contribution in [0, 0.1) is 28.4 Å². The van der Waals surface area contributed by atoms with Gasteiger partial charge in [0, 0.05) is 34.7 Å². The molecule has 0 spiro atoms. The molecule has 0 radical (unpaired) electrons. The number of rotatable bonds is 19. The summed E-state index contributed by atoms with van der Waals surface area (Å²) in [5, 5.41) is 33.2. The van der Waals surface area contributed by atoms with E-state index in [4.69, 9.17) is 42.1 Å². The lowest BCUT2D eigenvalue weighted by atomic mass is 9.62. The Morgan fingerprint density at radius 3 is 2.40 bits per heavy atom. The van der Waals surface area contributed by atoms with Crippen LogP contribution in [0.15, 0.2) is 67.3 Å². The fourth-order valence-corrected chi connectivity index (χ4v) is 8.03. The number of esters is 1. The zero-order valence-electron chi connectivity index (χ0n) is 37.5. The number of anilines is 1. The number of hydrogen-bond acceptors (Lipinski definition) is 11. The summed E-state index contributed by atoms with van der Waals surface area (Å²) in [6, 6.07) is 11.3. The summed E-state index contributed by atoms with van der Waals surface area (Å²) in [4.78, 5) is 52.2. The molecule has 4 rings (SSSR count). The molecule has 3 aromatic carbocycles. The lowest BCUT2D eigenvalue weighted by Gasteiger charge is -2.37. The largest absolute Gasteiger partial charge is 0.495 e. The second kappa shape index (κ2) is 22.7. The molecule has 1 saturated heterocycles. The van der Waals surface area contributed by atoms with Gasteiger partial charge in [0.15, 0.2) is 6.29 Å². The molecule has 0 saturated carbocycles. The summed E-state index contributed by atoms with van der Waals surface area (Å²) in [5.74, 6) is -5.13. The summed E-state index contributed by atoms with van der Waals surface area (Å²) in [6.07, 6.45) is 0.432. The molecule has 0 bridgehead atoms. The van der Waals surface area contributed by atoms with Crippen LogP contribution >= 0.6 is 23.2 Å². The van der Waals surface area contributed by atoms with Crippen molar-refractivity contribution in [3.63, 3.8) is 0 Å². The van der Waals surface area contributed by atoms with Gasteiger partial charge in [-0.1, -0.05) is 80.9 Å². The standard InChI is InChI=1S/C47H57Cl2F2N5O9/c1-9-21-63-43(60)34(15-10-11-20-53-44(61)65-46(5,6)7)54-37(57)25-64-42(59)27-16-19-33(35(22-27)62-8)55-41(58)40-38(29-13-12-14-31(49)39(29)51)47(26-52,36(56-40)24-45(2,3)4)30-18-17-28(48)23-32(30)50/h9,12-14,16-19,22-23,34,36,38,40,42,56,59H,1,10-11,15,20-21,24-25H2,2-8H3,(H,53,61)(H,54,57)(H,55,58)/t34-,36-,38-,40+,42?,47-/m0/s1. The van der Waals surface area contributed by atoms with Gasteiger partial charge < -0.3 is 45.3 Å². The number of alkyl carbamates (subject to hydrolysis) is 1. The number of carbonyl (C=O) groups excluding carboxylic acids is 4. The van der Waals surface area contributed by atoms with E-state index in [0.29, 0.717) is 12.8 Å². The number of nitrogens with one attached hydrogen (secondary N) is 4. The summed E-state index contributed by atoms with van der Waals surface area (Å²) >= 11 is 12.4. The van der Waals surface area contributed by atoms with Crippen molar-refractivity contribution in [2.24, 2.45) is 5.41 Å². The van der Waals surface area contributed by atoms with Gasteiger partial charge in [-0.15, -0.1) is 0 Å². The fraction of sp³-hybridized carbons (Fsp3) is 0.468. The van der Waals surface area contributed by atoms with Gasteiger partial charge in [0.2, 0.25) is 11.8 Å². The maximum Gasteiger partial charge on any atom is 0.407 e. The lowest BCUT2D eigenvalue weighted by Crippen LogP contribution is -2.45. The lowest BCUT2D eigenvalue weighted by molar-refractivity contribution is -0.151. The predicted octanol–water partition coefficient (Wildman–Crippen LogP) is 8.16. The monoisotopic (exact) mass is 943 g/mol. The number of nitriles is 1. The Kier molecular flexibility index (Phi) is 18.3. The van der Waals surface area contributed by atoms with Crippen LogP contribution in [-0.2, 0) is 34.0 Å². The highest BCUT2D eigenvalue weighted by molar-refractivity contribution is 6.31. The first-order valence-corrected chi connectivity index (χ1v) is 21.7. The molecule has 1 aliphatic rings. The quantitative estimate of drug-likeness (QED) is 0.0337. The van der Waals surface area contributed by atoms with Crippen molar-refractivity contribution in [2.45, 2.75) is 109 Å². The third-order valence-corrected chi connectivity index (χ3v) is 11.0. The molecule has 0 aliphatic carbocycles. The number of aliphatic hydroxyl groups is 1. The number of benzene rings is 3. The van der Waals surface area contributed by atoms with Crippen LogP contribution in [0.1, 0.15) is 96.1 Å². The SMILES string of the molecule is C=CCOC(=O)[C@H](CCCCNC(=O)OC(C)(C)C)NC(=O)COC(O)c1ccc(NC(=O)[C@@H]2N[C@@H](CC(C)(C)C)[C@](C#N)(c3ccc(Cl)cc3F)[C@H]2c2cccc(Cl)c2F)c(OC)c1. The molecule has 0 aromatic heterocycles. The van der Waals surface area contributed by atoms with E-state index in [-0.39, 0.29) is 64.2 Å². The van der Waals surface area contributed by atoms with Crippen molar-refractivity contribution in [3.05, 3.63) is 106 Å². The number of carbonyl (C=O) groups is 4. The van der Waals surface area contributed by atoms with Gasteiger partial charge in [-0.25, -0.2) is 18.4 Å². The third kappa shape index (κ3) is 13.9. The van der Waals surface area contributed by atoms with E-state index in [9.17, 15) is 29.5 Å². The van der Waals surface area contributed by atoms with Crippen LogP contribution < -0.4 is 26.0 Å². The smallest absolute Gasteiger partial charge is 0.407 e. The first kappa shape index (κ1) is 52.3. The molecule has 352 valence electrons. The number of ether oxygens (including phenoxy) is 4. The van der Waals surface area contributed by atoms with E-state index >= 15 is 8.78 Å². The zero-order chi connectivity index (χ0) is 48.3. The Bertz CT molecular complexity index is 2250. The third-order valence-electron chi connectivity index (χ3n) is 10.4. The number of hydrogen-bond donors (Lipinski definition) is 5. The average molecular weight is 945 g/mol. The summed E-state index contributed by atoms with van der Waals surface area (Å²) < 4.78 is 53.5. The van der Waals surface area contributed by atoms with Crippen molar-refractivity contribution in [1.29, 1.82) is 5.26 Å². The highest BCUT2D eigenvalue weighted by atomic mass is 35.5. The van der Waals surface area contributed by atoms with E-state index in [1.54, 1.807) is 20.8 Å². The fourth-order valence-electron chi connectivity index (χ4n) is 7.69. The van der Waals surface area contributed by atoms with Crippen LogP contribution in [0.4, 0.5) is 19.3 Å². The van der Waals surface area contributed by atoms with E-state index in [1.807, 2.05) is 20.8 Å². The van der Waals surface area contributed by atoms with Gasteiger partial charge in [0.25, 0.3) is 0 Å². The first-order valence-electron chi connectivity index (χ1n) is 20.9. The van der Waals surface area contributed by atoms with Gasteiger partial charge >= 0.3 is 12.1 Å². The van der Waals surface area contributed by atoms with Crippen molar-refractivity contribution >= 4 is 52.8 Å². The molecule has 1 heterocycles. The molecular formula is C47H57Cl2F2N5O9. The number of aliphatic hydroxyl groups excluding tert-OH is 1. The first-order chi connectivity index (χ1) is 30.5. The van der Waals surface area contributed by atoms with Crippen LogP contribution in [0.5, 0.6) is 5.75 Å². The van der Waals surface area contributed by atoms with Gasteiger partial charge in [-0.2, -0.15) is 5.26 Å². The Labute approximate surface area is 388 Å². The molecule has 6 atom stereocenters. The molecule has 18 heteroatoms. The van der Waals surface area contributed by atoms with Gasteiger partial charge in [0.1, 0.15) is 47.7 Å². The molecule has 1 unspecified atom stereocenters. The molecule has 5 N–H and O–H groups in total. The Hall–Kier alpha value is -5.31. The number of nitrogens with zero attached hydrogens (tertiary/aromatic N) is 1. The minimum absolute atomic E-state index is 0.0548. The van der Waals surface area contributed by atoms with E-state index in [0.717, 1.165) is 6.07 Å². The molecule has 1 fully saturated rings. The van der Waals surface area contributed by atoms with E-state index < -0.39 is 88.9 Å². The normalized spacial score (nSPS) is 19.3. The van der Waals surface area contributed by atoms with Crippen LogP contribution in [0.3, 0.4) is 0 Å². The summed E-state index contributed by atoms with van der Waals surface area (Å²) in [7, 11) is 1.32. The Morgan fingerprint density at radius 2 is 1.77 bits per heavy atom. The van der Waals surface area contributed by atoms with Crippen molar-refractivity contribution in [1.82, 2.24) is 16.0 Å². The molecule has 14 nitrogen and oxygen atoms in total. The van der Waals surface area contributed by atoms with E-state index in [1.165, 1.54) is 61.7 Å². The summed E-state index contributed by atoms with van der Waals surface area (Å²) in [5.41, 5.74) is -2.91. The molecule has 3 amide bonds.